The zero-order chi connectivity index (χ0) is 19.7. The van der Waals surface area contributed by atoms with E-state index in [1.165, 1.54) is 11.3 Å². The number of amides is 2. The highest BCUT2D eigenvalue weighted by Crippen LogP contribution is 2.36. The summed E-state index contributed by atoms with van der Waals surface area (Å²) in [6.45, 7) is 4.40. The van der Waals surface area contributed by atoms with Crippen molar-refractivity contribution in [3.05, 3.63) is 63.0 Å². The SMILES string of the molecule is Cc1ccc(-n2nc3c(c2NC(=O)C(=O)NCc2cccs2)CSC3)c(C)c1. The first kappa shape index (κ1) is 18.8. The van der Waals surface area contributed by atoms with Gasteiger partial charge < -0.3 is 10.6 Å². The topological polar surface area (TPSA) is 76.0 Å². The number of benzene rings is 1. The highest BCUT2D eigenvalue weighted by molar-refractivity contribution is 7.98. The summed E-state index contributed by atoms with van der Waals surface area (Å²) < 4.78 is 1.75. The molecule has 0 radical (unpaired) electrons. The van der Waals surface area contributed by atoms with Crippen LogP contribution in [0.3, 0.4) is 0 Å². The average Bonchev–Trinajstić information content (AvgIpc) is 3.39. The van der Waals surface area contributed by atoms with Crippen LogP contribution in [0.5, 0.6) is 0 Å². The molecule has 0 saturated heterocycles. The van der Waals surface area contributed by atoms with E-state index in [1.54, 1.807) is 16.4 Å². The van der Waals surface area contributed by atoms with E-state index in [-0.39, 0.29) is 0 Å². The summed E-state index contributed by atoms with van der Waals surface area (Å²) in [6.07, 6.45) is 0. The Balaban J connectivity index is 1.58. The molecule has 0 atom stereocenters. The molecule has 0 aliphatic carbocycles. The van der Waals surface area contributed by atoms with Crippen molar-refractivity contribution >= 4 is 40.7 Å². The second-order valence-electron chi connectivity index (χ2n) is 6.68. The molecule has 144 valence electrons. The molecule has 0 fully saturated rings. The van der Waals surface area contributed by atoms with Gasteiger partial charge in [0.05, 0.1) is 17.9 Å². The Hall–Kier alpha value is -2.58. The summed E-state index contributed by atoms with van der Waals surface area (Å²) in [5.74, 6) is 0.833. The van der Waals surface area contributed by atoms with Crippen LogP contribution < -0.4 is 10.6 Å². The Bertz CT molecular complexity index is 1040. The van der Waals surface area contributed by atoms with Gasteiger partial charge in [0.2, 0.25) is 0 Å². The van der Waals surface area contributed by atoms with Gasteiger partial charge in [-0.3, -0.25) is 9.59 Å². The molecule has 2 amide bonds. The molecule has 1 aliphatic rings. The van der Waals surface area contributed by atoms with E-state index in [1.807, 2.05) is 43.5 Å². The maximum Gasteiger partial charge on any atom is 0.314 e. The second-order valence-corrected chi connectivity index (χ2v) is 8.70. The summed E-state index contributed by atoms with van der Waals surface area (Å²) in [4.78, 5) is 25.8. The van der Waals surface area contributed by atoms with Crippen molar-refractivity contribution in [3.8, 4) is 5.69 Å². The molecule has 0 bridgehead atoms. The maximum atomic E-state index is 12.5. The van der Waals surface area contributed by atoms with Gasteiger partial charge in [-0.1, -0.05) is 23.8 Å². The standard InChI is InChI=1S/C20H20N4O2S2/c1-12-5-6-17(13(2)8-12)24-18(15-10-27-11-16(15)23-24)22-20(26)19(25)21-9-14-4-3-7-28-14/h3-8H,9-11H2,1-2H3,(H,21,25)(H,22,26). The van der Waals surface area contributed by atoms with Crippen molar-refractivity contribution in [3.63, 3.8) is 0 Å². The van der Waals surface area contributed by atoms with Crippen LogP contribution in [0.15, 0.2) is 35.7 Å². The number of thioether (sulfide) groups is 1. The number of carbonyl (C=O) groups is 2. The monoisotopic (exact) mass is 412 g/mol. The predicted molar refractivity (Wildman–Crippen MR) is 113 cm³/mol. The largest absolute Gasteiger partial charge is 0.343 e. The van der Waals surface area contributed by atoms with Crippen molar-refractivity contribution < 1.29 is 9.59 Å². The summed E-state index contributed by atoms with van der Waals surface area (Å²) in [5, 5.41) is 12.1. The number of aromatic nitrogens is 2. The van der Waals surface area contributed by atoms with Gasteiger partial charge in [-0.2, -0.15) is 16.9 Å². The first-order valence-corrected chi connectivity index (χ1v) is 10.9. The minimum absolute atomic E-state index is 0.341. The molecule has 0 saturated carbocycles. The van der Waals surface area contributed by atoms with E-state index < -0.39 is 11.8 Å². The second kappa shape index (κ2) is 7.81. The molecular weight excluding hydrogens is 392 g/mol. The molecule has 4 rings (SSSR count). The van der Waals surface area contributed by atoms with Crippen LogP contribution in [0.1, 0.15) is 27.3 Å². The van der Waals surface area contributed by atoms with Gasteiger partial charge in [-0.15, -0.1) is 11.3 Å². The lowest BCUT2D eigenvalue weighted by molar-refractivity contribution is -0.136. The lowest BCUT2D eigenvalue weighted by atomic mass is 10.1. The molecule has 2 aromatic heterocycles. The van der Waals surface area contributed by atoms with Crippen LogP contribution in [-0.2, 0) is 27.6 Å². The molecular formula is C20H20N4O2S2. The first-order chi connectivity index (χ1) is 13.5. The molecule has 1 aliphatic heterocycles. The lowest BCUT2D eigenvalue weighted by Crippen LogP contribution is -2.35. The Morgan fingerprint density at radius 3 is 2.79 bits per heavy atom. The van der Waals surface area contributed by atoms with Crippen molar-refractivity contribution in [2.75, 3.05) is 5.32 Å². The number of rotatable bonds is 4. The number of anilines is 1. The number of hydrogen-bond acceptors (Lipinski definition) is 5. The molecule has 0 unspecified atom stereocenters. The quantitative estimate of drug-likeness (QED) is 0.643. The molecule has 3 heterocycles. The van der Waals surface area contributed by atoms with Crippen LogP contribution in [0.4, 0.5) is 5.82 Å². The number of carbonyl (C=O) groups excluding carboxylic acids is 2. The van der Waals surface area contributed by atoms with Crippen LogP contribution >= 0.6 is 23.1 Å². The van der Waals surface area contributed by atoms with Crippen molar-refractivity contribution in [2.45, 2.75) is 31.9 Å². The van der Waals surface area contributed by atoms with Crippen LogP contribution in [0.2, 0.25) is 0 Å². The van der Waals surface area contributed by atoms with Gasteiger partial charge in [0.15, 0.2) is 0 Å². The number of aryl methyl sites for hydroxylation is 2. The van der Waals surface area contributed by atoms with E-state index in [4.69, 9.17) is 5.10 Å². The van der Waals surface area contributed by atoms with Crippen LogP contribution in [-0.4, -0.2) is 21.6 Å². The predicted octanol–water partition coefficient (Wildman–Crippen LogP) is 3.55. The molecule has 1 aromatic carbocycles. The van der Waals surface area contributed by atoms with Crippen LogP contribution in [0.25, 0.3) is 5.69 Å². The van der Waals surface area contributed by atoms with Crippen molar-refractivity contribution in [1.82, 2.24) is 15.1 Å². The summed E-state index contributed by atoms with van der Waals surface area (Å²) in [5.41, 5.74) is 5.07. The maximum absolute atomic E-state index is 12.5. The zero-order valence-electron chi connectivity index (χ0n) is 15.6. The number of thiophene rings is 1. The van der Waals surface area contributed by atoms with Crippen molar-refractivity contribution in [1.29, 1.82) is 0 Å². The first-order valence-electron chi connectivity index (χ1n) is 8.90. The van der Waals surface area contributed by atoms with E-state index in [2.05, 4.69) is 16.7 Å². The number of nitrogens with zero attached hydrogens (tertiary/aromatic N) is 2. The van der Waals surface area contributed by atoms with Crippen molar-refractivity contribution in [2.24, 2.45) is 0 Å². The Morgan fingerprint density at radius 1 is 1.18 bits per heavy atom. The summed E-state index contributed by atoms with van der Waals surface area (Å²) in [7, 11) is 0. The minimum Gasteiger partial charge on any atom is -0.343 e. The average molecular weight is 413 g/mol. The van der Waals surface area contributed by atoms with Gasteiger partial charge in [0.1, 0.15) is 5.82 Å². The molecule has 28 heavy (non-hydrogen) atoms. The van der Waals surface area contributed by atoms with E-state index in [0.29, 0.717) is 12.4 Å². The normalized spacial score (nSPS) is 12.6. The van der Waals surface area contributed by atoms with Gasteiger partial charge in [-0.05, 0) is 36.9 Å². The van der Waals surface area contributed by atoms with E-state index in [9.17, 15) is 9.59 Å². The van der Waals surface area contributed by atoms with Gasteiger partial charge in [0, 0.05) is 21.9 Å². The smallest absolute Gasteiger partial charge is 0.314 e. The fourth-order valence-corrected chi connectivity index (χ4v) is 4.86. The Labute approximate surface area is 171 Å². The summed E-state index contributed by atoms with van der Waals surface area (Å²) in [6, 6.07) is 9.92. The van der Waals surface area contributed by atoms with E-state index in [0.717, 1.165) is 44.5 Å². The molecule has 0 spiro atoms. The third-order valence-corrected chi connectivity index (χ3v) is 6.42. The Morgan fingerprint density at radius 2 is 2.04 bits per heavy atom. The molecule has 3 aromatic rings. The lowest BCUT2D eigenvalue weighted by Gasteiger charge is -2.13. The zero-order valence-corrected chi connectivity index (χ0v) is 17.2. The molecule has 2 N–H and O–H groups in total. The minimum atomic E-state index is -0.679. The third kappa shape index (κ3) is 3.70. The molecule has 6 nitrogen and oxygen atoms in total. The highest BCUT2D eigenvalue weighted by atomic mass is 32.2. The third-order valence-electron chi connectivity index (χ3n) is 4.57. The van der Waals surface area contributed by atoms with Gasteiger partial charge in [-0.25, -0.2) is 4.68 Å². The van der Waals surface area contributed by atoms with Crippen LogP contribution in [0, 0.1) is 13.8 Å². The Kier molecular flexibility index (Phi) is 5.23. The van der Waals surface area contributed by atoms with Gasteiger partial charge >= 0.3 is 11.8 Å². The van der Waals surface area contributed by atoms with Gasteiger partial charge in [0.25, 0.3) is 0 Å². The summed E-state index contributed by atoms with van der Waals surface area (Å²) >= 11 is 3.29. The van der Waals surface area contributed by atoms with E-state index >= 15 is 0 Å². The number of fused-ring (bicyclic) bond motifs is 1. The highest BCUT2D eigenvalue weighted by Gasteiger charge is 2.26. The fraction of sp³-hybridized carbons (Fsp3) is 0.250. The number of nitrogens with one attached hydrogen (secondary N) is 2. The fourth-order valence-electron chi connectivity index (χ4n) is 3.18. The number of hydrogen-bond donors (Lipinski definition) is 2. The molecule has 8 heteroatoms.